The summed E-state index contributed by atoms with van der Waals surface area (Å²) in [6, 6.07) is 1.56. The van der Waals surface area contributed by atoms with E-state index in [1.807, 2.05) is 21.0 Å². The number of fused-ring (bicyclic) bond motifs is 1. The Kier molecular flexibility index (Phi) is 4.36. The average Bonchev–Trinajstić information content (AvgIpc) is 2.71. The Morgan fingerprint density at radius 1 is 1.50 bits per heavy atom. The van der Waals surface area contributed by atoms with E-state index >= 15 is 0 Å². The van der Waals surface area contributed by atoms with Crippen molar-refractivity contribution in [2.75, 3.05) is 26.4 Å². The Bertz CT molecular complexity index is 590. The normalized spacial score (nSPS) is 11.6. The fourth-order valence-corrected chi connectivity index (χ4v) is 3.53. The van der Waals surface area contributed by atoms with Crippen LogP contribution in [0, 0.1) is 0 Å². The van der Waals surface area contributed by atoms with Gasteiger partial charge in [-0.1, -0.05) is 30.0 Å². The van der Waals surface area contributed by atoms with E-state index in [9.17, 15) is 4.79 Å². The van der Waals surface area contributed by atoms with Crippen LogP contribution in [0.3, 0.4) is 0 Å². The minimum absolute atomic E-state index is 0.0902. The molecule has 0 unspecified atom stereocenters. The second-order valence-electron chi connectivity index (χ2n) is 4.15. The quantitative estimate of drug-likeness (QED) is 0.776. The summed E-state index contributed by atoms with van der Waals surface area (Å²) in [4.78, 5) is 19.0. The molecule has 0 aromatic carbocycles. The van der Waals surface area contributed by atoms with Crippen LogP contribution in [-0.2, 0) is 6.42 Å². The molecular formula is C11H16N4OS2. The maximum absolute atomic E-state index is 11.8. The molecule has 0 aliphatic carbocycles. The molecule has 0 aliphatic rings. The van der Waals surface area contributed by atoms with E-state index in [2.05, 4.69) is 15.0 Å². The van der Waals surface area contributed by atoms with Gasteiger partial charge in [0.15, 0.2) is 4.34 Å². The molecule has 0 N–H and O–H groups in total. The maximum Gasteiger partial charge on any atom is 0.275 e. The Morgan fingerprint density at radius 3 is 2.94 bits per heavy atom. The molecule has 0 fully saturated rings. The van der Waals surface area contributed by atoms with Gasteiger partial charge in [-0.25, -0.2) is 4.98 Å². The van der Waals surface area contributed by atoms with E-state index in [-0.39, 0.29) is 5.56 Å². The van der Waals surface area contributed by atoms with E-state index in [1.165, 1.54) is 15.9 Å². The van der Waals surface area contributed by atoms with Gasteiger partial charge in [-0.3, -0.25) is 4.79 Å². The van der Waals surface area contributed by atoms with Crippen LogP contribution in [0.5, 0.6) is 0 Å². The van der Waals surface area contributed by atoms with Crippen LogP contribution in [0.15, 0.2) is 15.2 Å². The molecule has 98 valence electrons. The summed E-state index contributed by atoms with van der Waals surface area (Å²) in [7, 11) is 4.08. The standard InChI is InChI=1S/C11H16N4OS2/c1-4-8-7-9(16)15-10(12-8)18-11(13-15)17-6-5-14(2)3/h7H,4-6H2,1-3H3. The van der Waals surface area contributed by atoms with Crippen LogP contribution in [0.1, 0.15) is 12.6 Å². The summed E-state index contributed by atoms with van der Waals surface area (Å²) in [5.74, 6) is 0.961. The van der Waals surface area contributed by atoms with Gasteiger partial charge in [-0.2, -0.15) is 4.52 Å². The molecule has 0 aliphatic heterocycles. The number of aromatic nitrogens is 3. The van der Waals surface area contributed by atoms with Crippen molar-refractivity contribution in [1.29, 1.82) is 0 Å². The molecule has 0 amide bonds. The average molecular weight is 284 g/mol. The van der Waals surface area contributed by atoms with Crippen molar-refractivity contribution in [1.82, 2.24) is 19.5 Å². The first-order valence-electron chi connectivity index (χ1n) is 5.77. The number of hydrogen-bond acceptors (Lipinski definition) is 6. The fraction of sp³-hybridized carbons (Fsp3) is 0.545. The molecular weight excluding hydrogens is 268 g/mol. The Labute approximate surface area is 114 Å². The molecule has 0 saturated carbocycles. The number of nitrogens with zero attached hydrogens (tertiary/aromatic N) is 4. The van der Waals surface area contributed by atoms with E-state index in [4.69, 9.17) is 0 Å². The molecule has 2 aromatic heterocycles. The number of rotatable bonds is 5. The van der Waals surface area contributed by atoms with E-state index in [0.29, 0.717) is 4.96 Å². The van der Waals surface area contributed by atoms with Gasteiger partial charge in [0, 0.05) is 24.1 Å². The summed E-state index contributed by atoms with van der Waals surface area (Å²) >= 11 is 3.14. The van der Waals surface area contributed by atoms with Crippen molar-refractivity contribution >= 4 is 28.1 Å². The highest BCUT2D eigenvalue weighted by molar-refractivity contribution is 8.01. The predicted molar refractivity (Wildman–Crippen MR) is 75.8 cm³/mol. The van der Waals surface area contributed by atoms with Crippen molar-refractivity contribution in [3.05, 3.63) is 22.1 Å². The number of thioether (sulfide) groups is 1. The molecule has 0 spiro atoms. The van der Waals surface area contributed by atoms with Gasteiger partial charge in [0.2, 0.25) is 4.96 Å². The second-order valence-corrected chi connectivity index (χ2v) is 6.45. The summed E-state index contributed by atoms with van der Waals surface area (Å²) in [5.41, 5.74) is 0.737. The zero-order chi connectivity index (χ0) is 13.1. The van der Waals surface area contributed by atoms with E-state index in [1.54, 1.807) is 17.8 Å². The Balaban J connectivity index is 2.22. The first kappa shape index (κ1) is 13.5. The minimum Gasteiger partial charge on any atom is -0.309 e. The Morgan fingerprint density at radius 2 is 2.28 bits per heavy atom. The van der Waals surface area contributed by atoms with E-state index in [0.717, 1.165) is 28.8 Å². The first-order valence-corrected chi connectivity index (χ1v) is 7.57. The smallest absolute Gasteiger partial charge is 0.275 e. The molecule has 0 saturated heterocycles. The maximum atomic E-state index is 11.8. The molecule has 18 heavy (non-hydrogen) atoms. The number of hydrogen-bond donors (Lipinski definition) is 0. The van der Waals surface area contributed by atoms with Crippen molar-refractivity contribution in [3.63, 3.8) is 0 Å². The highest BCUT2D eigenvalue weighted by Gasteiger charge is 2.08. The lowest BCUT2D eigenvalue weighted by molar-refractivity contribution is 0.437. The SMILES string of the molecule is CCc1cc(=O)n2nc(SCCN(C)C)sc2n1. The molecule has 2 aromatic rings. The zero-order valence-corrected chi connectivity index (χ0v) is 12.3. The summed E-state index contributed by atoms with van der Waals surface area (Å²) < 4.78 is 2.29. The third-order valence-corrected chi connectivity index (χ3v) is 4.43. The van der Waals surface area contributed by atoms with E-state index < -0.39 is 0 Å². The van der Waals surface area contributed by atoms with Crippen molar-refractivity contribution < 1.29 is 0 Å². The zero-order valence-electron chi connectivity index (χ0n) is 10.7. The van der Waals surface area contributed by atoms with Crippen LogP contribution in [-0.4, -0.2) is 45.9 Å². The Hall–Kier alpha value is -0.920. The third-order valence-electron chi connectivity index (χ3n) is 2.41. The van der Waals surface area contributed by atoms with Crippen LogP contribution in [0.25, 0.3) is 4.96 Å². The van der Waals surface area contributed by atoms with Crippen LogP contribution in [0.4, 0.5) is 0 Å². The molecule has 0 bridgehead atoms. The second kappa shape index (κ2) is 5.81. The largest absolute Gasteiger partial charge is 0.309 e. The van der Waals surface area contributed by atoms with Crippen LogP contribution >= 0.6 is 23.1 Å². The van der Waals surface area contributed by atoms with Gasteiger partial charge < -0.3 is 4.90 Å². The summed E-state index contributed by atoms with van der Waals surface area (Å²) in [5, 5.41) is 4.29. The highest BCUT2D eigenvalue weighted by Crippen LogP contribution is 2.23. The fourth-order valence-electron chi connectivity index (χ4n) is 1.39. The number of aryl methyl sites for hydroxylation is 1. The topological polar surface area (TPSA) is 50.5 Å². The van der Waals surface area contributed by atoms with Crippen LogP contribution in [0.2, 0.25) is 0 Å². The van der Waals surface area contributed by atoms with Crippen LogP contribution < -0.4 is 5.56 Å². The molecule has 0 radical (unpaired) electrons. The summed E-state index contributed by atoms with van der Waals surface area (Å²) in [6.45, 7) is 2.98. The van der Waals surface area contributed by atoms with Gasteiger partial charge in [-0.05, 0) is 20.5 Å². The molecule has 2 rings (SSSR count). The minimum atomic E-state index is -0.0902. The highest BCUT2D eigenvalue weighted by atomic mass is 32.2. The van der Waals surface area contributed by atoms with Crippen molar-refractivity contribution in [2.45, 2.75) is 17.7 Å². The van der Waals surface area contributed by atoms with Gasteiger partial charge in [0.25, 0.3) is 5.56 Å². The lowest BCUT2D eigenvalue weighted by Gasteiger charge is -2.06. The van der Waals surface area contributed by atoms with Gasteiger partial charge in [0.05, 0.1) is 0 Å². The predicted octanol–water partition coefficient (Wildman–Crippen LogP) is 1.37. The van der Waals surface area contributed by atoms with Crippen molar-refractivity contribution in [2.24, 2.45) is 0 Å². The lowest BCUT2D eigenvalue weighted by atomic mass is 10.3. The molecule has 5 nitrogen and oxygen atoms in total. The van der Waals surface area contributed by atoms with Crippen molar-refractivity contribution in [3.8, 4) is 0 Å². The lowest BCUT2D eigenvalue weighted by Crippen LogP contribution is -2.15. The summed E-state index contributed by atoms with van der Waals surface area (Å²) in [6.07, 6.45) is 0.771. The first-order chi connectivity index (χ1) is 8.60. The third kappa shape index (κ3) is 3.09. The van der Waals surface area contributed by atoms with Gasteiger partial charge in [0.1, 0.15) is 0 Å². The monoisotopic (exact) mass is 284 g/mol. The molecule has 7 heteroatoms. The van der Waals surface area contributed by atoms with Gasteiger partial charge in [-0.15, -0.1) is 5.10 Å². The molecule has 0 atom stereocenters. The van der Waals surface area contributed by atoms with Gasteiger partial charge >= 0.3 is 0 Å². The molecule has 2 heterocycles.